The zero-order valence-electron chi connectivity index (χ0n) is 11.4. The van der Waals surface area contributed by atoms with E-state index >= 15 is 0 Å². The quantitative estimate of drug-likeness (QED) is 0.536. The maximum Gasteiger partial charge on any atom is 0.187 e. The molecule has 3 aromatic heterocycles. The summed E-state index contributed by atoms with van der Waals surface area (Å²) in [5, 5.41) is 4.70. The van der Waals surface area contributed by atoms with Gasteiger partial charge in [0.2, 0.25) is 0 Å². The first-order chi connectivity index (χ1) is 9.67. The minimum absolute atomic E-state index is 0.705. The second kappa shape index (κ2) is 5.38. The van der Waals surface area contributed by atoms with Crippen LogP contribution in [0.1, 0.15) is 10.6 Å². The Morgan fingerprint density at radius 3 is 2.70 bits per heavy atom. The van der Waals surface area contributed by atoms with Crippen LogP contribution < -0.4 is 0 Å². The van der Waals surface area contributed by atoms with Crippen molar-refractivity contribution in [3.8, 4) is 21.9 Å². The van der Waals surface area contributed by atoms with E-state index in [2.05, 4.69) is 34.2 Å². The van der Waals surface area contributed by atoms with Gasteiger partial charge in [0.1, 0.15) is 0 Å². The summed E-state index contributed by atoms with van der Waals surface area (Å²) in [5.74, 6) is 0.705. The predicted molar refractivity (Wildman–Crippen MR) is 82.1 cm³/mol. The molecule has 3 rings (SSSR count). The van der Waals surface area contributed by atoms with Crippen molar-refractivity contribution < 1.29 is 4.52 Å². The fraction of sp³-hybridized carbons (Fsp3) is 0.214. The normalized spacial score (nSPS) is 10.9. The predicted octanol–water partition coefficient (Wildman–Crippen LogP) is 4.20. The molecule has 102 valence electrons. The molecule has 0 amide bonds. The summed E-state index contributed by atoms with van der Waals surface area (Å²) in [5.41, 5.74) is 2.63. The molecule has 0 aliphatic heterocycles. The van der Waals surface area contributed by atoms with Gasteiger partial charge >= 0.3 is 0 Å². The lowest BCUT2D eigenvalue weighted by molar-refractivity contribution is 0.427. The molecule has 20 heavy (non-hydrogen) atoms. The molecule has 0 spiro atoms. The summed E-state index contributed by atoms with van der Waals surface area (Å²) in [4.78, 5) is 11.3. The van der Waals surface area contributed by atoms with Gasteiger partial charge < -0.3 is 4.52 Å². The lowest BCUT2D eigenvalue weighted by atomic mass is 10.1. The summed E-state index contributed by atoms with van der Waals surface area (Å²) in [6.07, 6.45) is 3.78. The van der Waals surface area contributed by atoms with Crippen molar-refractivity contribution in [3.05, 3.63) is 35.0 Å². The van der Waals surface area contributed by atoms with Gasteiger partial charge in [-0.05, 0) is 32.2 Å². The molecule has 0 bridgehead atoms. The van der Waals surface area contributed by atoms with E-state index in [0.29, 0.717) is 5.76 Å². The van der Waals surface area contributed by atoms with Crippen molar-refractivity contribution in [2.45, 2.75) is 19.0 Å². The van der Waals surface area contributed by atoms with Crippen molar-refractivity contribution >= 4 is 23.1 Å². The van der Waals surface area contributed by atoms with Gasteiger partial charge in [-0.2, -0.15) is 0 Å². The second-order valence-electron chi connectivity index (χ2n) is 4.36. The second-order valence-corrected chi connectivity index (χ2v) is 6.42. The molecule has 0 radical (unpaired) electrons. The molecule has 0 aliphatic rings. The Balaban J connectivity index is 2.18. The van der Waals surface area contributed by atoms with Gasteiger partial charge in [0, 0.05) is 17.1 Å². The summed E-state index contributed by atoms with van der Waals surface area (Å²) in [6, 6.07) is 6.08. The van der Waals surface area contributed by atoms with E-state index in [4.69, 9.17) is 4.52 Å². The molecule has 6 heteroatoms. The summed E-state index contributed by atoms with van der Waals surface area (Å²) >= 11 is 3.24. The minimum atomic E-state index is 0.705. The Kier molecular flexibility index (Phi) is 3.58. The molecule has 0 saturated heterocycles. The van der Waals surface area contributed by atoms with Crippen LogP contribution >= 0.6 is 23.1 Å². The third-order valence-electron chi connectivity index (χ3n) is 2.82. The molecule has 3 aromatic rings. The molecule has 0 N–H and O–H groups in total. The first kappa shape index (κ1) is 13.3. The molecule has 0 unspecified atom stereocenters. The van der Waals surface area contributed by atoms with Crippen molar-refractivity contribution in [1.29, 1.82) is 0 Å². The molecule has 0 fully saturated rings. The van der Waals surface area contributed by atoms with Gasteiger partial charge in [-0.1, -0.05) is 16.9 Å². The van der Waals surface area contributed by atoms with Gasteiger partial charge in [-0.15, -0.1) is 11.3 Å². The Morgan fingerprint density at radius 1 is 1.25 bits per heavy atom. The fourth-order valence-electron chi connectivity index (χ4n) is 1.88. The van der Waals surface area contributed by atoms with Crippen LogP contribution in [0.4, 0.5) is 0 Å². The molecule has 0 aromatic carbocycles. The standard InChI is InChI=1S/C14H13N3OS2/c1-8-6-11(18-17-8)10-7-15-14(19-3)16-13(10)12-5-4-9(2)20-12/h4-7H,1-3H3. The fourth-order valence-corrected chi connectivity index (χ4v) is 3.10. The van der Waals surface area contributed by atoms with Crippen LogP contribution in [0.15, 0.2) is 34.1 Å². The van der Waals surface area contributed by atoms with E-state index in [0.717, 1.165) is 27.0 Å². The maximum atomic E-state index is 5.36. The third kappa shape index (κ3) is 2.48. The lowest BCUT2D eigenvalue weighted by Crippen LogP contribution is -1.92. The number of nitrogens with zero attached hydrogens (tertiary/aromatic N) is 3. The van der Waals surface area contributed by atoms with Crippen molar-refractivity contribution in [1.82, 2.24) is 15.1 Å². The van der Waals surface area contributed by atoms with Crippen LogP contribution in [-0.2, 0) is 0 Å². The van der Waals surface area contributed by atoms with E-state index in [1.807, 2.05) is 25.4 Å². The maximum absolute atomic E-state index is 5.36. The Bertz CT molecular complexity index is 748. The van der Waals surface area contributed by atoms with Crippen molar-refractivity contribution in [2.24, 2.45) is 0 Å². The molecule has 4 nitrogen and oxygen atoms in total. The van der Waals surface area contributed by atoms with Gasteiger partial charge in [-0.3, -0.25) is 0 Å². The number of thiophene rings is 1. The highest BCUT2D eigenvalue weighted by Gasteiger charge is 2.16. The summed E-state index contributed by atoms with van der Waals surface area (Å²) in [7, 11) is 0. The zero-order chi connectivity index (χ0) is 14.1. The van der Waals surface area contributed by atoms with Crippen LogP contribution in [0.3, 0.4) is 0 Å². The Hall–Kier alpha value is -1.66. The first-order valence-corrected chi connectivity index (χ1v) is 8.13. The van der Waals surface area contributed by atoms with E-state index in [-0.39, 0.29) is 0 Å². The molecule has 0 saturated carbocycles. The SMILES string of the molecule is CSc1ncc(-c2cc(C)no2)c(-c2ccc(C)s2)n1. The zero-order valence-corrected chi connectivity index (χ0v) is 13.0. The number of aryl methyl sites for hydroxylation is 2. The first-order valence-electron chi connectivity index (χ1n) is 6.09. The highest BCUT2D eigenvalue weighted by atomic mass is 32.2. The van der Waals surface area contributed by atoms with Crippen LogP contribution in [0, 0.1) is 13.8 Å². The van der Waals surface area contributed by atoms with Gasteiger partial charge in [-0.25, -0.2) is 9.97 Å². The summed E-state index contributed by atoms with van der Waals surface area (Å²) in [6.45, 7) is 3.99. The largest absolute Gasteiger partial charge is 0.356 e. The van der Waals surface area contributed by atoms with Crippen LogP contribution in [0.5, 0.6) is 0 Å². The average Bonchev–Trinajstić information content (AvgIpc) is 3.07. The van der Waals surface area contributed by atoms with Crippen LogP contribution in [0.25, 0.3) is 21.9 Å². The molecular formula is C14H13N3OS2. The van der Waals surface area contributed by atoms with Gasteiger partial charge in [0.05, 0.1) is 21.8 Å². The van der Waals surface area contributed by atoms with Gasteiger partial charge in [0.25, 0.3) is 0 Å². The highest BCUT2D eigenvalue weighted by molar-refractivity contribution is 7.98. The topological polar surface area (TPSA) is 51.8 Å². The molecule has 0 atom stereocenters. The Morgan fingerprint density at radius 2 is 2.10 bits per heavy atom. The molecular weight excluding hydrogens is 290 g/mol. The lowest BCUT2D eigenvalue weighted by Gasteiger charge is -2.05. The Labute approximate surface area is 125 Å². The highest BCUT2D eigenvalue weighted by Crippen LogP contribution is 2.35. The van der Waals surface area contributed by atoms with Crippen LogP contribution in [0.2, 0.25) is 0 Å². The third-order valence-corrected chi connectivity index (χ3v) is 4.39. The smallest absolute Gasteiger partial charge is 0.187 e. The van der Waals surface area contributed by atoms with Crippen molar-refractivity contribution in [3.63, 3.8) is 0 Å². The number of thioether (sulfide) groups is 1. The molecule has 3 heterocycles. The average molecular weight is 303 g/mol. The van der Waals surface area contributed by atoms with E-state index < -0.39 is 0 Å². The van der Waals surface area contributed by atoms with Crippen molar-refractivity contribution in [2.75, 3.05) is 6.26 Å². The van der Waals surface area contributed by atoms with E-state index in [1.54, 1.807) is 11.3 Å². The summed E-state index contributed by atoms with van der Waals surface area (Å²) < 4.78 is 5.36. The minimum Gasteiger partial charge on any atom is -0.356 e. The number of aromatic nitrogens is 3. The van der Waals surface area contributed by atoms with Gasteiger partial charge in [0.15, 0.2) is 10.9 Å². The van der Waals surface area contributed by atoms with E-state index in [9.17, 15) is 0 Å². The van der Waals surface area contributed by atoms with Crippen LogP contribution in [-0.4, -0.2) is 21.4 Å². The number of hydrogen-bond donors (Lipinski definition) is 0. The van der Waals surface area contributed by atoms with E-state index in [1.165, 1.54) is 16.6 Å². The number of hydrogen-bond acceptors (Lipinski definition) is 6. The number of rotatable bonds is 3. The monoisotopic (exact) mass is 303 g/mol. The molecule has 0 aliphatic carbocycles.